The number of rotatable bonds is 5. The minimum absolute atomic E-state index is 0.0900. The third-order valence-corrected chi connectivity index (χ3v) is 5.91. The average molecular weight is 316 g/mol. The number of nitrogens with one attached hydrogen (secondary N) is 1. The maximum absolute atomic E-state index is 12.2. The highest BCUT2D eigenvalue weighted by atomic mass is 32.2. The molecule has 1 fully saturated rings. The van der Waals surface area contributed by atoms with Gasteiger partial charge < -0.3 is 5.32 Å². The Bertz CT molecular complexity index is 557. The molecule has 0 spiro atoms. The molecule has 0 aromatic carbocycles. The average Bonchev–Trinajstić information content (AvgIpc) is 2.43. The van der Waals surface area contributed by atoms with E-state index in [0.717, 1.165) is 22.9 Å². The Morgan fingerprint density at radius 3 is 2.75 bits per heavy atom. The first-order chi connectivity index (χ1) is 9.49. The van der Waals surface area contributed by atoms with Gasteiger partial charge in [-0.05, 0) is 13.8 Å². The van der Waals surface area contributed by atoms with Crippen molar-refractivity contribution in [3.05, 3.63) is 17.6 Å². The van der Waals surface area contributed by atoms with Gasteiger partial charge >= 0.3 is 0 Å². The molecule has 0 bridgehead atoms. The number of anilines is 1. The number of hydrogen-bond acceptors (Lipinski definition) is 6. The van der Waals surface area contributed by atoms with Crippen LogP contribution in [-0.4, -0.2) is 59.6 Å². The Balaban J connectivity index is 1.90. The van der Waals surface area contributed by atoms with E-state index >= 15 is 0 Å². The molecule has 1 aromatic heterocycles. The van der Waals surface area contributed by atoms with Crippen molar-refractivity contribution in [3.63, 3.8) is 0 Å². The molecule has 1 aliphatic heterocycles. The Labute approximate surface area is 124 Å². The predicted octanol–water partition coefficient (Wildman–Crippen LogP) is 0.884. The van der Waals surface area contributed by atoms with Gasteiger partial charge in [0.2, 0.25) is 10.0 Å². The van der Waals surface area contributed by atoms with Gasteiger partial charge in [-0.15, -0.1) is 0 Å². The molecule has 0 aliphatic carbocycles. The lowest BCUT2D eigenvalue weighted by atomic mass is 10.4. The number of aryl methyl sites for hydroxylation is 2. The van der Waals surface area contributed by atoms with E-state index in [1.165, 1.54) is 0 Å². The van der Waals surface area contributed by atoms with Crippen molar-refractivity contribution in [3.8, 4) is 0 Å². The van der Waals surface area contributed by atoms with Gasteiger partial charge in [-0.25, -0.2) is 17.7 Å². The Morgan fingerprint density at radius 2 is 2.05 bits per heavy atom. The highest BCUT2D eigenvalue weighted by molar-refractivity contribution is 7.99. The molecular formula is C12H20N4O2S2. The molecule has 0 radical (unpaired) electrons. The van der Waals surface area contributed by atoms with E-state index in [-0.39, 0.29) is 5.75 Å². The Kier molecular flexibility index (Phi) is 5.22. The number of thioether (sulfide) groups is 1. The fourth-order valence-electron chi connectivity index (χ4n) is 1.96. The molecule has 0 amide bonds. The van der Waals surface area contributed by atoms with Crippen LogP contribution >= 0.6 is 11.8 Å². The van der Waals surface area contributed by atoms with Crippen LogP contribution in [0.1, 0.15) is 11.4 Å². The summed E-state index contributed by atoms with van der Waals surface area (Å²) in [6, 6.07) is 0. The molecule has 112 valence electrons. The Morgan fingerprint density at radius 1 is 1.35 bits per heavy atom. The van der Waals surface area contributed by atoms with Gasteiger partial charge in [0.05, 0.1) is 17.1 Å². The molecule has 0 saturated carbocycles. The molecule has 0 atom stereocenters. The lowest BCUT2D eigenvalue weighted by molar-refractivity contribution is 0.444. The Hall–Kier alpha value is -0.860. The second kappa shape index (κ2) is 6.73. The zero-order valence-electron chi connectivity index (χ0n) is 11.8. The maximum atomic E-state index is 12.2. The zero-order chi connectivity index (χ0) is 14.6. The van der Waals surface area contributed by atoms with Gasteiger partial charge in [-0.1, -0.05) is 0 Å². The normalized spacial score (nSPS) is 17.1. The van der Waals surface area contributed by atoms with Gasteiger partial charge in [0, 0.05) is 37.3 Å². The van der Waals surface area contributed by atoms with Crippen molar-refractivity contribution >= 4 is 27.6 Å². The fourth-order valence-corrected chi connectivity index (χ4v) is 4.45. The van der Waals surface area contributed by atoms with Gasteiger partial charge in [0.15, 0.2) is 0 Å². The first kappa shape index (κ1) is 15.5. The van der Waals surface area contributed by atoms with Crippen LogP contribution in [0.25, 0.3) is 0 Å². The topological polar surface area (TPSA) is 75.2 Å². The number of hydrogen-bond donors (Lipinski definition) is 1. The lowest BCUT2D eigenvalue weighted by Crippen LogP contribution is -2.40. The molecule has 1 N–H and O–H groups in total. The van der Waals surface area contributed by atoms with Crippen LogP contribution in [0.5, 0.6) is 0 Å². The van der Waals surface area contributed by atoms with Crippen LogP contribution in [0.4, 0.5) is 5.82 Å². The summed E-state index contributed by atoms with van der Waals surface area (Å²) in [5.74, 6) is 2.52. The van der Waals surface area contributed by atoms with Crippen LogP contribution in [0, 0.1) is 13.8 Å². The van der Waals surface area contributed by atoms with Crippen molar-refractivity contribution in [1.29, 1.82) is 0 Å². The van der Waals surface area contributed by atoms with Gasteiger partial charge in [-0.3, -0.25) is 4.98 Å². The van der Waals surface area contributed by atoms with E-state index in [4.69, 9.17) is 0 Å². The van der Waals surface area contributed by atoms with Crippen molar-refractivity contribution < 1.29 is 8.42 Å². The van der Waals surface area contributed by atoms with E-state index in [1.54, 1.807) is 22.3 Å². The van der Waals surface area contributed by atoms with Crippen LogP contribution in [0.2, 0.25) is 0 Å². The molecule has 2 rings (SSSR count). The molecule has 1 aromatic rings. The number of aromatic nitrogens is 2. The molecule has 1 aliphatic rings. The van der Waals surface area contributed by atoms with Crippen molar-refractivity contribution in [2.75, 3.05) is 42.2 Å². The maximum Gasteiger partial charge on any atom is 0.215 e. The summed E-state index contributed by atoms with van der Waals surface area (Å²) in [4.78, 5) is 8.52. The van der Waals surface area contributed by atoms with E-state index in [2.05, 4.69) is 15.3 Å². The molecule has 1 saturated heterocycles. The monoisotopic (exact) mass is 316 g/mol. The molecule has 8 heteroatoms. The lowest BCUT2D eigenvalue weighted by Gasteiger charge is -2.25. The molecule has 20 heavy (non-hydrogen) atoms. The van der Waals surface area contributed by atoms with E-state index in [9.17, 15) is 8.42 Å². The van der Waals surface area contributed by atoms with Crippen LogP contribution in [0.3, 0.4) is 0 Å². The van der Waals surface area contributed by atoms with E-state index < -0.39 is 10.0 Å². The first-order valence-electron chi connectivity index (χ1n) is 6.59. The summed E-state index contributed by atoms with van der Waals surface area (Å²) < 4.78 is 25.9. The van der Waals surface area contributed by atoms with Crippen molar-refractivity contribution in [2.24, 2.45) is 0 Å². The zero-order valence-corrected chi connectivity index (χ0v) is 13.4. The largest absolute Gasteiger partial charge is 0.367 e. The summed E-state index contributed by atoms with van der Waals surface area (Å²) in [6.45, 7) is 5.31. The van der Waals surface area contributed by atoms with Gasteiger partial charge in [0.1, 0.15) is 5.82 Å². The highest BCUT2D eigenvalue weighted by Crippen LogP contribution is 2.14. The predicted molar refractivity (Wildman–Crippen MR) is 82.7 cm³/mol. The standard InChI is InChI=1S/C12H20N4O2S2/c1-10-9-14-11(2)12(15-10)13-3-8-20(17,18)16-4-6-19-7-5-16/h9H,3-8H2,1-2H3,(H,13,15). The fraction of sp³-hybridized carbons (Fsp3) is 0.667. The minimum atomic E-state index is -3.17. The summed E-state index contributed by atoms with van der Waals surface area (Å²) in [6.07, 6.45) is 1.70. The summed E-state index contributed by atoms with van der Waals surface area (Å²) in [5, 5.41) is 3.06. The molecule has 6 nitrogen and oxygen atoms in total. The SMILES string of the molecule is Cc1cnc(C)c(NCCS(=O)(=O)N2CCSCC2)n1. The van der Waals surface area contributed by atoms with Crippen molar-refractivity contribution in [1.82, 2.24) is 14.3 Å². The third-order valence-electron chi connectivity index (χ3n) is 3.09. The summed E-state index contributed by atoms with van der Waals surface area (Å²) in [7, 11) is -3.17. The number of nitrogens with zero attached hydrogens (tertiary/aromatic N) is 3. The van der Waals surface area contributed by atoms with Gasteiger partial charge in [0.25, 0.3) is 0 Å². The summed E-state index contributed by atoms with van der Waals surface area (Å²) in [5.41, 5.74) is 1.59. The summed E-state index contributed by atoms with van der Waals surface area (Å²) >= 11 is 1.80. The third kappa shape index (κ3) is 4.07. The van der Waals surface area contributed by atoms with Crippen LogP contribution in [0.15, 0.2) is 6.20 Å². The second-order valence-electron chi connectivity index (χ2n) is 4.70. The van der Waals surface area contributed by atoms with Gasteiger partial charge in [-0.2, -0.15) is 11.8 Å². The van der Waals surface area contributed by atoms with Crippen molar-refractivity contribution in [2.45, 2.75) is 13.8 Å². The quantitative estimate of drug-likeness (QED) is 0.869. The van der Waals surface area contributed by atoms with E-state index in [1.807, 2.05) is 13.8 Å². The van der Waals surface area contributed by atoms with E-state index in [0.29, 0.717) is 25.5 Å². The minimum Gasteiger partial charge on any atom is -0.367 e. The van der Waals surface area contributed by atoms with Crippen LogP contribution in [-0.2, 0) is 10.0 Å². The number of sulfonamides is 1. The smallest absolute Gasteiger partial charge is 0.215 e. The first-order valence-corrected chi connectivity index (χ1v) is 9.35. The second-order valence-corrected chi connectivity index (χ2v) is 8.01. The molecule has 2 heterocycles. The van der Waals surface area contributed by atoms with Crippen LogP contribution < -0.4 is 5.32 Å². The molecular weight excluding hydrogens is 296 g/mol. The molecule has 0 unspecified atom stereocenters. The highest BCUT2D eigenvalue weighted by Gasteiger charge is 2.23.